The molecule has 0 aliphatic rings. The molecule has 0 amide bonds. The first-order valence-corrected chi connectivity index (χ1v) is 8.16. The van der Waals surface area contributed by atoms with Crippen LogP contribution in [0.25, 0.3) is 10.2 Å². The lowest BCUT2D eigenvalue weighted by molar-refractivity contribution is 0.213. The number of halogens is 1. The van der Waals surface area contributed by atoms with Crippen LogP contribution >= 0.6 is 22.9 Å². The first kappa shape index (κ1) is 16.2. The predicted molar refractivity (Wildman–Crippen MR) is 87.7 cm³/mol. The molecule has 0 saturated carbocycles. The second-order valence-electron chi connectivity index (χ2n) is 5.37. The van der Waals surface area contributed by atoms with Gasteiger partial charge in [-0.25, -0.2) is 9.97 Å². The van der Waals surface area contributed by atoms with Gasteiger partial charge in [-0.2, -0.15) is 5.26 Å². The van der Waals surface area contributed by atoms with Crippen LogP contribution in [0.15, 0.2) is 0 Å². The van der Waals surface area contributed by atoms with Crippen LogP contribution in [0.5, 0.6) is 0 Å². The molecule has 2 rings (SSSR count). The van der Waals surface area contributed by atoms with Crippen LogP contribution < -0.4 is 0 Å². The minimum Gasteiger partial charge on any atom is -0.292 e. The first-order valence-electron chi connectivity index (χ1n) is 6.97. The number of hydrogen-bond acceptors (Lipinski definition) is 5. The molecule has 0 aromatic carbocycles. The molecule has 2 aromatic heterocycles. The second kappa shape index (κ2) is 6.69. The van der Waals surface area contributed by atoms with E-state index in [1.165, 1.54) is 4.88 Å². The van der Waals surface area contributed by atoms with Crippen molar-refractivity contribution in [2.45, 2.75) is 46.7 Å². The van der Waals surface area contributed by atoms with E-state index in [0.717, 1.165) is 28.1 Å². The fourth-order valence-electron chi connectivity index (χ4n) is 2.21. The third-order valence-corrected chi connectivity index (χ3v) is 4.99. The molecule has 21 heavy (non-hydrogen) atoms. The molecule has 0 aliphatic carbocycles. The first-order chi connectivity index (χ1) is 9.93. The van der Waals surface area contributed by atoms with Crippen LogP contribution in [0, 0.1) is 25.2 Å². The van der Waals surface area contributed by atoms with Gasteiger partial charge in [-0.05, 0) is 33.3 Å². The van der Waals surface area contributed by atoms with E-state index in [0.29, 0.717) is 24.2 Å². The van der Waals surface area contributed by atoms with Gasteiger partial charge < -0.3 is 0 Å². The Balaban J connectivity index is 2.32. The Morgan fingerprint density at radius 2 is 2.05 bits per heavy atom. The Labute approximate surface area is 134 Å². The maximum Gasteiger partial charge on any atom is 0.145 e. The summed E-state index contributed by atoms with van der Waals surface area (Å²) in [5, 5.41) is 10.3. The average Bonchev–Trinajstić information content (AvgIpc) is 2.70. The highest BCUT2D eigenvalue weighted by Crippen LogP contribution is 2.33. The Morgan fingerprint density at radius 1 is 1.33 bits per heavy atom. The lowest BCUT2D eigenvalue weighted by atomic mass is 10.2. The van der Waals surface area contributed by atoms with Gasteiger partial charge in [-0.1, -0.05) is 11.6 Å². The molecule has 0 spiro atoms. The number of nitriles is 1. The van der Waals surface area contributed by atoms with E-state index in [-0.39, 0.29) is 0 Å². The molecule has 6 heteroatoms. The monoisotopic (exact) mass is 322 g/mol. The summed E-state index contributed by atoms with van der Waals surface area (Å²) in [4.78, 5) is 13.5. The van der Waals surface area contributed by atoms with E-state index >= 15 is 0 Å². The highest BCUT2D eigenvalue weighted by Gasteiger charge is 2.16. The van der Waals surface area contributed by atoms with Gasteiger partial charge in [0.15, 0.2) is 0 Å². The Bertz CT molecular complexity index is 687. The second-order valence-corrected chi connectivity index (χ2v) is 6.93. The number of fused-ring (bicyclic) bond motifs is 1. The quantitative estimate of drug-likeness (QED) is 0.778. The van der Waals surface area contributed by atoms with Gasteiger partial charge in [0.2, 0.25) is 0 Å². The lowest BCUT2D eigenvalue weighted by Gasteiger charge is -2.24. The summed E-state index contributed by atoms with van der Waals surface area (Å²) in [6, 6.07) is 2.52. The molecular weight excluding hydrogens is 304 g/mol. The molecule has 4 nitrogen and oxygen atoms in total. The van der Waals surface area contributed by atoms with Crippen molar-refractivity contribution >= 4 is 33.2 Å². The summed E-state index contributed by atoms with van der Waals surface area (Å²) < 4.78 is 0. The van der Waals surface area contributed by atoms with Crippen molar-refractivity contribution in [2.24, 2.45) is 0 Å². The maximum absolute atomic E-state index is 8.75. The molecule has 0 unspecified atom stereocenters. The number of hydrogen-bond donors (Lipinski definition) is 0. The largest absolute Gasteiger partial charge is 0.292 e. The van der Waals surface area contributed by atoms with Crippen molar-refractivity contribution in [3.05, 3.63) is 21.4 Å². The predicted octanol–water partition coefficient (Wildman–Crippen LogP) is 4.09. The highest BCUT2D eigenvalue weighted by atomic mass is 35.5. The van der Waals surface area contributed by atoms with Crippen molar-refractivity contribution in [3.63, 3.8) is 0 Å². The van der Waals surface area contributed by atoms with Crippen LogP contribution in [0.4, 0.5) is 0 Å². The van der Waals surface area contributed by atoms with E-state index in [1.807, 2.05) is 0 Å². The van der Waals surface area contributed by atoms with E-state index in [2.05, 4.69) is 48.6 Å². The molecule has 0 radical (unpaired) electrons. The van der Waals surface area contributed by atoms with Gasteiger partial charge in [-0.15, -0.1) is 11.3 Å². The summed E-state index contributed by atoms with van der Waals surface area (Å²) in [6.45, 7) is 9.68. The van der Waals surface area contributed by atoms with Crippen LogP contribution in [0.2, 0.25) is 5.15 Å². The van der Waals surface area contributed by atoms with Crippen molar-refractivity contribution < 1.29 is 0 Å². The summed E-state index contributed by atoms with van der Waals surface area (Å²) in [5.41, 5.74) is 1.16. The number of aryl methyl sites for hydroxylation is 2. The smallest absolute Gasteiger partial charge is 0.145 e. The number of aromatic nitrogens is 2. The third-order valence-electron chi connectivity index (χ3n) is 3.62. The molecule has 2 heterocycles. The zero-order valence-corrected chi connectivity index (χ0v) is 14.3. The van der Waals surface area contributed by atoms with Gasteiger partial charge in [0.05, 0.1) is 18.0 Å². The fourth-order valence-corrected chi connectivity index (χ4v) is 3.64. The molecule has 0 aliphatic heterocycles. The van der Waals surface area contributed by atoms with Gasteiger partial charge in [-0.3, -0.25) is 4.90 Å². The Morgan fingerprint density at radius 3 is 2.67 bits per heavy atom. The van der Waals surface area contributed by atoms with E-state index in [1.54, 1.807) is 11.3 Å². The highest BCUT2D eigenvalue weighted by molar-refractivity contribution is 7.18. The molecule has 0 atom stereocenters. The van der Waals surface area contributed by atoms with Crippen LogP contribution in [-0.2, 0) is 6.54 Å². The molecule has 0 saturated heterocycles. The number of thiophene rings is 1. The summed E-state index contributed by atoms with van der Waals surface area (Å²) >= 11 is 7.99. The zero-order valence-electron chi connectivity index (χ0n) is 12.8. The SMILES string of the molecule is Cc1sc2nc(CN(CCC#N)C(C)C)nc(Cl)c2c1C. The normalized spacial score (nSPS) is 11.5. The van der Waals surface area contributed by atoms with Gasteiger partial charge >= 0.3 is 0 Å². The van der Waals surface area contributed by atoms with Crippen molar-refractivity contribution in [2.75, 3.05) is 6.54 Å². The standard InChI is InChI=1S/C15H19ClN4S/c1-9(2)20(7-5-6-17)8-12-18-14(16)13-10(3)11(4)21-15(13)19-12/h9H,5,7-8H2,1-4H3. The van der Waals surface area contributed by atoms with Crippen molar-refractivity contribution in [1.29, 1.82) is 5.26 Å². The minimum absolute atomic E-state index is 0.336. The summed E-state index contributed by atoms with van der Waals surface area (Å²) in [6.07, 6.45) is 0.505. The summed E-state index contributed by atoms with van der Waals surface area (Å²) in [7, 11) is 0. The molecule has 0 N–H and O–H groups in total. The van der Waals surface area contributed by atoms with Crippen molar-refractivity contribution in [1.82, 2.24) is 14.9 Å². The summed E-state index contributed by atoms with van der Waals surface area (Å²) in [5.74, 6) is 0.723. The zero-order chi connectivity index (χ0) is 15.6. The molecule has 112 valence electrons. The van der Waals surface area contributed by atoms with Crippen LogP contribution in [0.3, 0.4) is 0 Å². The molecule has 0 fully saturated rings. The fraction of sp³-hybridized carbons (Fsp3) is 0.533. The minimum atomic E-state index is 0.336. The van der Waals surface area contributed by atoms with E-state index in [4.69, 9.17) is 16.9 Å². The average molecular weight is 323 g/mol. The topological polar surface area (TPSA) is 52.8 Å². The van der Waals surface area contributed by atoms with Gasteiger partial charge in [0, 0.05) is 23.9 Å². The van der Waals surface area contributed by atoms with E-state index in [9.17, 15) is 0 Å². The molecule has 2 aromatic rings. The Hall–Kier alpha value is -1.22. The third kappa shape index (κ3) is 3.52. The van der Waals surface area contributed by atoms with Crippen LogP contribution in [0.1, 0.15) is 36.5 Å². The van der Waals surface area contributed by atoms with Crippen molar-refractivity contribution in [3.8, 4) is 6.07 Å². The lowest BCUT2D eigenvalue weighted by Crippen LogP contribution is -2.31. The van der Waals surface area contributed by atoms with Gasteiger partial charge in [0.25, 0.3) is 0 Å². The Kier molecular flexibility index (Phi) is 5.15. The maximum atomic E-state index is 8.75. The number of nitrogens with zero attached hydrogens (tertiary/aromatic N) is 4. The van der Waals surface area contributed by atoms with E-state index < -0.39 is 0 Å². The number of rotatable bonds is 5. The van der Waals surface area contributed by atoms with Gasteiger partial charge in [0.1, 0.15) is 15.8 Å². The van der Waals surface area contributed by atoms with Crippen LogP contribution in [-0.4, -0.2) is 27.5 Å². The molecular formula is C15H19ClN4S. The molecule has 0 bridgehead atoms.